The molecule has 118 valence electrons. The molecular weight excluding hydrogens is 304 g/mol. The van der Waals surface area contributed by atoms with Crippen molar-refractivity contribution in [3.63, 3.8) is 0 Å². The predicted octanol–water partition coefficient (Wildman–Crippen LogP) is 3.17. The smallest absolute Gasteiger partial charge is 0.261 e. The Morgan fingerprint density at radius 2 is 2.19 bits per heavy atom. The van der Waals surface area contributed by atoms with E-state index in [1.54, 1.807) is 11.3 Å². The third-order valence-corrected chi connectivity index (χ3v) is 5.69. The summed E-state index contributed by atoms with van der Waals surface area (Å²) in [5.74, 6) is 0.869. The maximum Gasteiger partial charge on any atom is 0.261 e. The molecule has 2 aliphatic rings. The molecule has 1 aliphatic carbocycles. The number of nitrogens with one attached hydrogen (secondary N) is 2. The molecule has 1 aromatic rings. The van der Waals surface area contributed by atoms with Crippen molar-refractivity contribution < 1.29 is 4.79 Å². The number of carbonyl (C=O) groups is 1. The van der Waals surface area contributed by atoms with Crippen LogP contribution >= 0.6 is 23.7 Å². The highest BCUT2D eigenvalue weighted by atomic mass is 35.5. The minimum absolute atomic E-state index is 0. The number of fused-ring (bicyclic) bond motifs is 1. The average Bonchev–Trinajstić information content (AvgIpc) is 2.92. The zero-order valence-corrected chi connectivity index (χ0v) is 14.1. The summed E-state index contributed by atoms with van der Waals surface area (Å²) in [4.78, 5) is 14.5. The molecule has 0 spiro atoms. The van der Waals surface area contributed by atoms with Gasteiger partial charge in [-0.1, -0.05) is 0 Å². The summed E-state index contributed by atoms with van der Waals surface area (Å²) in [6, 6.07) is 2.12. The van der Waals surface area contributed by atoms with Crippen LogP contribution in [0.2, 0.25) is 0 Å². The summed E-state index contributed by atoms with van der Waals surface area (Å²) < 4.78 is 0. The van der Waals surface area contributed by atoms with Gasteiger partial charge in [-0.05, 0) is 75.6 Å². The van der Waals surface area contributed by atoms with Gasteiger partial charge in [-0.2, -0.15) is 0 Å². The first kappa shape index (κ1) is 16.8. The Morgan fingerprint density at radius 3 is 2.95 bits per heavy atom. The average molecular weight is 329 g/mol. The summed E-state index contributed by atoms with van der Waals surface area (Å²) in [6.07, 6.45) is 8.56. The summed E-state index contributed by atoms with van der Waals surface area (Å²) in [5.41, 5.74) is 1.42. The van der Waals surface area contributed by atoms with Crippen LogP contribution in [0, 0.1) is 5.92 Å². The van der Waals surface area contributed by atoms with Crippen molar-refractivity contribution in [1.82, 2.24) is 10.6 Å². The minimum Gasteiger partial charge on any atom is -0.351 e. The Labute approximate surface area is 137 Å². The molecule has 5 heteroatoms. The van der Waals surface area contributed by atoms with Gasteiger partial charge in [0.1, 0.15) is 0 Å². The van der Waals surface area contributed by atoms with E-state index in [0.717, 1.165) is 43.3 Å². The zero-order valence-electron chi connectivity index (χ0n) is 12.5. The largest absolute Gasteiger partial charge is 0.351 e. The lowest BCUT2D eigenvalue weighted by Gasteiger charge is -2.22. The monoisotopic (exact) mass is 328 g/mol. The molecule has 1 amide bonds. The molecule has 3 nitrogen and oxygen atoms in total. The van der Waals surface area contributed by atoms with Crippen molar-refractivity contribution in [2.45, 2.75) is 44.9 Å². The maximum absolute atomic E-state index is 12.2. The van der Waals surface area contributed by atoms with Crippen LogP contribution in [0.15, 0.2) is 6.07 Å². The fourth-order valence-electron chi connectivity index (χ4n) is 3.25. The third-order valence-electron chi connectivity index (χ3n) is 4.46. The van der Waals surface area contributed by atoms with Crippen molar-refractivity contribution in [3.8, 4) is 0 Å². The lowest BCUT2D eigenvalue weighted by Crippen LogP contribution is -2.33. The lowest BCUT2D eigenvalue weighted by molar-refractivity contribution is 0.0954. The molecule has 2 heterocycles. The Bertz CT molecular complexity index is 445. The van der Waals surface area contributed by atoms with Gasteiger partial charge < -0.3 is 10.6 Å². The van der Waals surface area contributed by atoms with Gasteiger partial charge in [0, 0.05) is 11.4 Å². The second-order valence-electron chi connectivity index (χ2n) is 6.02. The number of hydrogen-bond donors (Lipinski definition) is 2. The van der Waals surface area contributed by atoms with Crippen molar-refractivity contribution >= 4 is 29.7 Å². The Balaban J connectivity index is 0.00000161. The van der Waals surface area contributed by atoms with Crippen LogP contribution in [0.5, 0.6) is 0 Å². The molecule has 0 saturated carbocycles. The van der Waals surface area contributed by atoms with Crippen LogP contribution in [0.4, 0.5) is 0 Å². The second kappa shape index (κ2) is 8.16. The number of piperidine rings is 1. The van der Waals surface area contributed by atoms with E-state index in [-0.39, 0.29) is 18.3 Å². The van der Waals surface area contributed by atoms with Gasteiger partial charge in [-0.15, -0.1) is 23.7 Å². The quantitative estimate of drug-likeness (QED) is 0.891. The fourth-order valence-corrected chi connectivity index (χ4v) is 4.42. The first-order chi connectivity index (χ1) is 9.83. The molecule has 1 fully saturated rings. The maximum atomic E-state index is 12.2. The van der Waals surface area contributed by atoms with Gasteiger partial charge in [-0.25, -0.2) is 0 Å². The Hall–Kier alpha value is -0.580. The summed E-state index contributed by atoms with van der Waals surface area (Å²) in [5, 5.41) is 6.53. The molecule has 1 aromatic heterocycles. The van der Waals surface area contributed by atoms with Gasteiger partial charge in [0.2, 0.25) is 0 Å². The first-order valence-electron chi connectivity index (χ1n) is 7.93. The van der Waals surface area contributed by atoms with Gasteiger partial charge >= 0.3 is 0 Å². The fraction of sp³-hybridized carbons (Fsp3) is 0.688. The molecule has 2 N–H and O–H groups in total. The number of thiophene rings is 1. The molecule has 1 atom stereocenters. The van der Waals surface area contributed by atoms with Crippen LogP contribution < -0.4 is 10.6 Å². The van der Waals surface area contributed by atoms with E-state index in [9.17, 15) is 4.79 Å². The first-order valence-corrected chi connectivity index (χ1v) is 8.75. The molecule has 0 radical (unpaired) electrons. The Morgan fingerprint density at radius 1 is 1.33 bits per heavy atom. The topological polar surface area (TPSA) is 41.1 Å². The lowest BCUT2D eigenvalue weighted by atomic mass is 9.96. The van der Waals surface area contributed by atoms with E-state index < -0.39 is 0 Å². The van der Waals surface area contributed by atoms with E-state index in [0.29, 0.717) is 0 Å². The van der Waals surface area contributed by atoms with Gasteiger partial charge in [-0.3, -0.25) is 4.79 Å². The highest BCUT2D eigenvalue weighted by molar-refractivity contribution is 7.14. The Kier molecular flexibility index (Phi) is 6.52. The van der Waals surface area contributed by atoms with Crippen LogP contribution in [0.25, 0.3) is 0 Å². The molecule has 1 saturated heterocycles. The van der Waals surface area contributed by atoms with Gasteiger partial charge in [0.05, 0.1) is 4.88 Å². The highest BCUT2D eigenvalue weighted by Crippen LogP contribution is 2.29. The summed E-state index contributed by atoms with van der Waals surface area (Å²) in [7, 11) is 0. The zero-order chi connectivity index (χ0) is 13.8. The SMILES string of the molecule is Cl.O=C(NCCC1CCCNC1)c1cc2c(s1)CCCC2. The van der Waals surface area contributed by atoms with Crippen LogP contribution in [-0.4, -0.2) is 25.5 Å². The van der Waals surface area contributed by atoms with Crippen molar-refractivity contribution in [3.05, 3.63) is 21.4 Å². The normalized spacial score (nSPS) is 21.2. The number of carbonyl (C=O) groups excluding carboxylic acids is 1. The number of hydrogen-bond acceptors (Lipinski definition) is 3. The third kappa shape index (κ3) is 4.44. The number of rotatable bonds is 4. The summed E-state index contributed by atoms with van der Waals surface area (Å²) in [6.45, 7) is 3.08. The van der Waals surface area contributed by atoms with E-state index in [1.807, 2.05) is 0 Å². The molecule has 0 bridgehead atoms. The van der Waals surface area contributed by atoms with Crippen LogP contribution in [-0.2, 0) is 12.8 Å². The number of aryl methyl sites for hydroxylation is 2. The molecule has 3 rings (SSSR count). The van der Waals surface area contributed by atoms with Crippen molar-refractivity contribution in [1.29, 1.82) is 0 Å². The molecule has 0 aromatic carbocycles. The summed E-state index contributed by atoms with van der Waals surface area (Å²) >= 11 is 1.71. The van der Waals surface area contributed by atoms with Crippen molar-refractivity contribution in [2.24, 2.45) is 5.92 Å². The van der Waals surface area contributed by atoms with E-state index in [1.165, 1.54) is 42.5 Å². The molecule has 1 aliphatic heterocycles. The minimum atomic E-state index is 0. The molecule has 1 unspecified atom stereocenters. The van der Waals surface area contributed by atoms with Gasteiger partial charge in [0.15, 0.2) is 0 Å². The number of amides is 1. The van der Waals surface area contributed by atoms with Crippen molar-refractivity contribution in [2.75, 3.05) is 19.6 Å². The van der Waals surface area contributed by atoms with Crippen LogP contribution in [0.1, 0.15) is 52.2 Å². The van der Waals surface area contributed by atoms with E-state index in [2.05, 4.69) is 16.7 Å². The standard InChI is InChI=1S/C16H24N2OS.ClH/c19-16(18-9-7-12-4-3-8-17-11-12)15-10-13-5-1-2-6-14(13)20-15;/h10,12,17H,1-9,11H2,(H,18,19);1H. The van der Waals surface area contributed by atoms with Gasteiger partial charge in [0.25, 0.3) is 5.91 Å². The molecule has 21 heavy (non-hydrogen) atoms. The predicted molar refractivity (Wildman–Crippen MR) is 90.8 cm³/mol. The highest BCUT2D eigenvalue weighted by Gasteiger charge is 2.18. The number of halogens is 1. The van der Waals surface area contributed by atoms with E-state index in [4.69, 9.17) is 0 Å². The van der Waals surface area contributed by atoms with Crippen LogP contribution in [0.3, 0.4) is 0 Å². The van der Waals surface area contributed by atoms with E-state index >= 15 is 0 Å². The second-order valence-corrected chi connectivity index (χ2v) is 7.16. The molecular formula is C16H25ClN2OS.